The van der Waals surface area contributed by atoms with Gasteiger partial charge >= 0.3 is 5.97 Å². The molecule has 3 aromatic rings. The maximum atomic E-state index is 13.6. The van der Waals surface area contributed by atoms with E-state index in [1.165, 1.54) is 25.4 Å². The molecule has 0 saturated heterocycles. The zero-order chi connectivity index (χ0) is 23.8. The van der Waals surface area contributed by atoms with E-state index in [0.29, 0.717) is 22.5 Å². The van der Waals surface area contributed by atoms with Crippen LogP contribution < -0.4 is 4.31 Å². The Labute approximate surface area is 191 Å². The first-order valence-corrected chi connectivity index (χ1v) is 11.4. The van der Waals surface area contributed by atoms with Gasteiger partial charge in [-0.3, -0.25) is 0 Å². The van der Waals surface area contributed by atoms with Crippen LogP contribution in [0.5, 0.6) is 0 Å². The SMILES string of the molecule is COCN(c1noc(C)c1C)S(=O)(=O)c1cccnc1C#Cc1cc2c(cc1C)COC2=O. The average molecular weight is 468 g/mol. The molecule has 0 N–H and O–H groups in total. The highest BCUT2D eigenvalue weighted by molar-refractivity contribution is 7.92. The lowest BCUT2D eigenvalue weighted by Crippen LogP contribution is -2.34. The van der Waals surface area contributed by atoms with Gasteiger partial charge in [0, 0.05) is 30.0 Å². The number of cyclic esters (lactones) is 1. The van der Waals surface area contributed by atoms with Gasteiger partial charge in [0.1, 0.15) is 29.7 Å². The number of rotatable bonds is 5. The fraction of sp³-hybridized carbons (Fsp3) is 0.261. The largest absolute Gasteiger partial charge is 0.457 e. The number of esters is 1. The third kappa shape index (κ3) is 4.08. The summed E-state index contributed by atoms with van der Waals surface area (Å²) < 4.78 is 43.5. The molecule has 1 aliphatic heterocycles. The maximum Gasteiger partial charge on any atom is 0.338 e. The number of carbonyl (C=O) groups excluding carboxylic acids is 1. The monoisotopic (exact) mass is 467 g/mol. The van der Waals surface area contributed by atoms with Gasteiger partial charge in [0.2, 0.25) is 0 Å². The Hall–Kier alpha value is -3.68. The molecule has 0 spiro atoms. The van der Waals surface area contributed by atoms with Gasteiger partial charge in [-0.1, -0.05) is 17.1 Å². The highest BCUT2D eigenvalue weighted by Crippen LogP contribution is 2.28. The van der Waals surface area contributed by atoms with E-state index in [1.807, 2.05) is 13.0 Å². The summed E-state index contributed by atoms with van der Waals surface area (Å²) in [4.78, 5) is 16.0. The van der Waals surface area contributed by atoms with Crippen LogP contribution in [0, 0.1) is 32.6 Å². The molecule has 33 heavy (non-hydrogen) atoms. The van der Waals surface area contributed by atoms with E-state index in [1.54, 1.807) is 19.9 Å². The van der Waals surface area contributed by atoms with E-state index in [4.69, 9.17) is 14.0 Å². The van der Waals surface area contributed by atoms with Crippen LogP contribution in [-0.4, -0.2) is 38.4 Å². The number of methoxy groups -OCH3 is 1. The fourth-order valence-corrected chi connectivity index (χ4v) is 4.85. The molecule has 3 heterocycles. The second-order valence-electron chi connectivity index (χ2n) is 7.46. The summed E-state index contributed by atoms with van der Waals surface area (Å²) in [5, 5.41) is 3.89. The summed E-state index contributed by atoms with van der Waals surface area (Å²) in [6, 6.07) is 6.43. The minimum Gasteiger partial charge on any atom is -0.457 e. The van der Waals surface area contributed by atoms with Gasteiger partial charge in [0.05, 0.1) is 5.56 Å². The Bertz CT molecular complexity index is 1420. The van der Waals surface area contributed by atoms with Gasteiger partial charge in [-0.15, -0.1) is 0 Å². The number of sulfonamides is 1. The number of aromatic nitrogens is 2. The van der Waals surface area contributed by atoms with E-state index in [2.05, 4.69) is 22.0 Å². The van der Waals surface area contributed by atoms with Gasteiger partial charge in [-0.25, -0.2) is 22.5 Å². The van der Waals surface area contributed by atoms with E-state index in [0.717, 1.165) is 15.4 Å². The minimum atomic E-state index is -4.14. The lowest BCUT2D eigenvalue weighted by atomic mass is 10.0. The predicted molar refractivity (Wildman–Crippen MR) is 118 cm³/mol. The van der Waals surface area contributed by atoms with Crippen LogP contribution in [0.3, 0.4) is 0 Å². The second kappa shape index (κ2) is 8.69. The zero-order valence-electron chi connectivity index (χ0n) is 18.5. The molecule has 4 rings (SSSR count). The highest BCUT2D eigenvalue weighted by Gasteiger charge is 2.31. The number of pyridine rings is 1. The third-order valence-electron chi connectivity index (χ3n) is 5.30. The number of fused-ring (bicyclic) bond motifs is 1. The summed E-state index contributed by atoms with van der Waals surface area (Å²) in [6.45, 7) is 5.23. The first-order chi connectivity index (χ1) is 15.7. The number of hydrogen-bond acceptors (Lipinski definition) is 8. The summed E-state index contributed by atoms with van der Waals surface area (Å²) in [6.07, 6.45) is 1.46. The first-order valence-electron chi connectivity index (χ1n) is 9.96. The highest BCUT2D eigenvalue weighted by atomic mass is 32.2. The molecule has 1 aliphatic rings. The molecule has 0 radical (unpaired) electrons. The maximum absolute atomic E-state index is 13.6. The first kappa shape index (κ1) is 22.5. The summed E-state index contributed by atoms with van der Waals surface area (Å²) in [7, 11) is -2.76. The molecule has 170 valence electrons. The quantitative estimate of drug-likeness (QED) is 0.320. The van der Waals surface area contributed by atoms with Crippen LogP contribution in [0.25, 0.3) is 0 Å². The van der Waals surface area contributed by atoms with E-state index >= 15 is 0 Å². The van der Waals surface area contributed by atoms with E-state index in [-0.39, 0.29) is 29.7 Å². The predicted octanol–water partition coefficient (Wildman–Crippen LogP) is 2.86. The smallest absolute Gasteiger partial charge is 0.338 e. The van der Waals surface area contributed by atoms with E-state index < -0.39 is 16.0 Å². The number of hydrogen-bond donors (Lipinski definition) is 0. The van der Waals surface area contributed by atoms with Gasteiger partial charge < -0.3 is 14.0 Å². The normalized spacial score (nSPS) is 12.7. The molecule has 0 amide bonds. The Morgan fingerprint density at radius 2 is 2.00 bits per heavy atom. The van der Waals surface area contributed by atoms with E-state index in [9.17, 15) is 13.2 Å². The molecular weight excluding hydrogens is 446 g/mol. The molecule has 2 aromatic heterocycles. The van der Waals surface area contributed by atoms with Crippen molar-refractivity contribution in [2.45, 2.75) is 32.3 Å². The third-order valence-corrected chi connectivity index (χ3v) is 7.04. The number of carbonyl (C=O) groups is 1. The lowest BCUT2D eigenvalue weighted by Gasteiger charge is -2.21. The van der Waals surface area contributed by atoms with Crippen molar-refractivity contribution in [2.24, 2.45) is 0 Å². The Balaban J connectivity index is 1.78. The lowest BCUT2D eigenvalue weighted by molar-refractivity contribution is 0.0535. The number of benzene rings is 1. The number of ether oxygens (including phenoxy) is 2. The molecule has 0 atom stereocenters. The molecule has 10 heteroatoms. The summed E-state index contributed by atoms with van der Waals surface area (Å²) in [5.41, 5.74) is 3.32. The Morgan fingerprint density at radius 1 is 1.21 bits per heavy atom. The van der Waals surface area contributed by atoms with Crippen molar-refractivity contribution < 1.29 is 27.2 Å². The molecule has 0 fully saturated rings. The van der Waals surface area contributed by atoms with Crippen molar-refractivity contribution in [1.29, 1.82) is 0 Å². The molecule has 1 aromatic carbocycles. The molecular formula is C23H21N3O6S. The van der Waals surface area contributed by atoms with Crippen LogP contribution in [-0.2, 0) is 26.1 Å². The molecule has 0 aliphatic carbocycles. The number of anilines is 1. The van der Waals surface area contributed by atoms with Crippen LogP contribution in [0.15, 0.2) is 39.9 Å². The number of nitrogens with zero attached hydrogens (tertiary/aromatic N) is 3. The van der Waals surface area contributed by atoms with Crippen LogP contribution >= 0.6 is 0 Å². The molecule has 0 bridgehead atoms. The second-order valence-corrected chi connectivity index (χ2v) is 9.29. The molecule has 0 unspecified atom stereocenters. The minimum absolute atomic E-state index is 0.0546. The topological polar surface area (TPSA) is 112 Å². The average Bonchev–Trinajstić information content (AvgIpc) is 3.32. The van der Waals surface area contributed by atoms with Crippen molar-refractivity contribution in [2.75, 3.05) is 18.1 Å². The fourth-order valence-electron chi connectivity index (χ4n) is 3.37. The molecule has 0 saturated carbocycles. The van der Waals surface area contributed by atoms with Crippen LogP contribution in [0.2, 0.25) is 0 Å². The number of aryl methyl sites for hydroxylation is 2. The van der Waals surface area contributed by atoms with Crippen LogP contribution in [0.1, 0.15) is 44.1 Å². The van der Waals surface area contributed by atoms with Crippen molar-refractivity contribution in [1.82, 2.24) is 10.1 Å². The van der Waals surface area contributed by atoms with Crippen LogP contribution in [0.4, 0.5) is 5.82 Å². The van der Waals surface area contributed by atoms with Crippen molar-refractivity contribution in [3.05, 3.63) is 69.7 Å². The van der Waals surface area contributed by atoms with Gasteiger partial charge in [0.15, 0.2) is 5.82 Å². The Morgan fingerprint density at radius 3 is 2.70 bits per heavy atom. The summed E-state index contributed by atoms with van der Waals surface area (Å²) >= 11 is 0. The Kier molecular flexibility index (Phi) is 5.93. The van der Waals surface area contributed by atoms with Gasteiger partial charge in [-0.2, -0.15) is 0 Å². The van der Waals surface area contributed by atoms with Gasteiger partial charge in [0.25, 0.3) is 10.0 Å². The van der Waals surface area contributed by atoms with Gasteiger partial charge in [-0.05, 0) is 50.5 Å². The zero-order valence-corrected chi connectivity index (χ0v) is 19.3. The van der Waals surface area contributed by atoms with Crippen molar-refractivity contribution >= 4 is 21.8 Å². The van der Waals surface area contributed by atoms with Crippen molar-refractivity contribution in [3.63, 3.8) is 0 Å². The standard InChI is InChI=1S/C23H21N3O6S/c1-14-10-18-12-31-23(27)19(18)11-17(14)7-8-20-21(6-5-9-24-20)33(28,29)26(13-30-4)22-15(2)16(3)32-25-22/h5-6,9-11H,12-13H2,1-4H3. The molecule has 9 nitrogen and oxygen atoms in total. The summed E-state index contributed by atoms with van der Waals surface area (Å²) in [5.74, 6) is 6.02. The van der Waals surface area contributed by atoms with Crippen molar-refractivity contribution in [3.8, 4) is 11.8 Å².